The Kier molecular flexibility index (Phi) is 6.48. The maximum absolute atomic E-state index is 12.8. The van der Waals surface area contributed by atoms with E-state index < -0.39 is 16.5 Å². The van der Waals surface area contributed by atoms with Gasteiger partial charge in [-0.1, -0.05) is 24.3 Å². The molecule has 5 nitrogen and oxygen atoms in total. The van der Waals surface area contributed by atoms with Gasteiger partial charge >= 0.3 is 0 Å². The largest absolute Gasteiger partial charge is 0.615 e. The van der Waals surface area contributed by atoms with Crippen molar-refractivity contribution in [2.75, 3.05) is 26.2 Å². The Morgan fingerprint density at radius 2 is 2.04 bits per heavy atom. The minimum absolute atomic E-state index is 0.0406. The van der Waals surface area contributed by atoms with E-state index in [2.05, 4.69) is 6.07 Å². The highest BCUT2D eigenvalue weighted by atomic mass is 32.2. The molecular weight excluding hydrogens is 368 g/mol. The molecule has 1 aliphatic rings. The quantitative estimate of drug-likeness (QED) is 0.561. The molecule has 0 bridgehead atoms. The molecule has 0 saturated carbocycles. The van der Waals surface area contributed by atoms with E-state index >= 15 is 0 Å². The average molecular weight is 391 g/mol. The van der Waals surface area contributed by atoms with Crippen LogP contribution < -0.4 is 0 Å². The SMILES string of the molecule is CC(=O)N1CCN(C(C=O)[S+]([O-])Cc2cccc(-c3cccs3)c2)CC1. The second-order valence-corrected chi connectivity index (χ2v) is 8.75. The minimum Gasteiger partial charge on any atom is -0.615 e. The van der Waals surface area contributed by atoms with Crippen molar-refractivity contribution in [2.24, 2.45) is 0 Å². The fourth-order valence-electron chi connectivity index (χ4n) is 3.11. The summed E-state index contributed by atoms with van der Waals surface area (Å²) in [4.78, 5) is 27.9. The van der Waals surface area contributed by atoms with E-state index in [0.29, 0.717) is 31.9 Å². The van der Waals surface area contributed by atoms with Crippen molar-refractivity contribution in [1.29, 1.82) is 0 Å². The van der Waals surface area contributed by atoms with Crippen LogP contribution in [0.4, 0.5) is 0 Å². The van der Waals surface area contributed by atoms with E-state index in [1.807, 2.05) is 40.6 Å². The molecule has 1 saturated heterocycles. The van der Waals surface area contributed by atoms with E-state index in [1.54, 1.807) is 23.2 Å². The van der Waals surface area contributed by atoms with Gasteiger partial charge in [-0.3, -0.25) is 9.59 Å². The van der Waals surface area contributed by atoms with E-state index in [9.17, 15) is 14.1 Å². The molecule has 0 radical (unpaired) electrons. The molecule has 0 spiro atoms. The Balaban J connectivity index is 1.65. The molecular formula is C19H22N2O3S2. The van der Waals surface area contributed by atoms with E-state index in [4.69, 9.17) is 0 Å². The molecule has 138 valence electrons. The van der Waals surface area contributed by atoms with E-state index in [1.165, 1.54) is 4.88 Å². The maximum Gasteiger partial charge on any atom is 0.225 e. The topological polar surface area (TPSA) is 63.7 Å². The van der Waals surface area contributed by atoms with Gasteiger partial charge in [0, 0.05) is 43.5 Å². The molecule has 3 rings (SSSR count). The van der Waals surface area contributed by atoms with Crippen LogP contribution in [0.5, 0.6) is 0 Å². The van der Waals surface area contributed by atoms with Gasteiger partial charge in [0.1, 0.15) is 5.75 Å². The Bertz CT molecular complexity index is 743. The number of amides is 1. The molecule has 1 aromatic heterocycles. The van der Waals surface area contributed by atoms with Crippen LogP contribution in [-0.2, 0) is 26.5 Å². The zero-order chi connectivity index (χ0) is 18.5. The zero-order valence-electron chi connectivity index (χ0n) is 14.7. The number of benzene rings is 1. The fraction of sp³-hybridized carbons (Fsp3) is 0.368. The van der Waals surface area contributed by atoms with Gasteiger partial charge in [-0.25, -0.2) is 4.90 Å². The Morgan fingerprint density at radius 3 is 2.65 bits per heavy atom. The van der Waals surface area contributed by atoms with Gasteiger partial charge < -0.3 is 9.45 Å². The predicted molar refractivity (Wildman–Crippen MR) is 105 cm³/mol. The number of hydrogen-bond donors (Lipinski definition) is 0. The molecule has 7 heteroatoms. The molecule has 1 aliphatic heterocycles. The normalized spacial score (nSPS) is 17.7. The summed E-state index contributed by atoms with van der Waals surface area (Å²) in [6.45, 7) is 3.84. The monoisotopic (exact) mass is 390 g/mol. The summed E-state index contributed by atoms with van der Waals surface area (Å²) in [7, 11) is 0. The van der Waals surface area contributed by atoms with Crippen LogP contribution in [0.1, 0.15) is 12.5 Å². The van der Waals surface area contributed by atoms with Crippen LogP contribution in [0.15, 0.2) is 41.8 Å². The number of carbonyl (C=O) groups is 2. The Morgan fingerprint density at radius 1 is 1.27 bits per heavy atom. The molecule has 1 aromatic carbocycles. The van der Waals surface area contributed by atoms with E-state index in [-0.39, 0.29) is 5.91 Å². The van der Waals surface area contributed by atoms with E-state index in [0.717, 1.165) is 17.4 Å². The number of rotatable bonds is 6. The van der Waals surface area contributed by atoms with Crippen LogP contribution in [0.25, 0.3) is 10.4 Å². The van der Waals surface area contributed by atoms with Crippen LogP contribution >= 0.6 is 11.3 Å². The lowest BCUT2D eigenvalue weighted by Gasteiger charge is -2.36. The number of thiophene rings is 1. The predicted octanol–water partition coefficient (Wildman–Crippen LogP) is 2.35. The van der Waals surface area contributed by atoms with Crippen molar-refractivity contribution in [3.8, 4) is 10.4 Å². The molecule has 2 aromatic rings. The second-order valence-electron chi connectivity index (χ2n) is 6.27. The first-order valence-corrected chi connectivity index (χ1v) is 10.8. The summed E-state index contributed by atoms with van der Waals surface area (Å²) in [5, 5.41) is 1.40. The standard InChI is InChI=1S/C19H22N2O3S2/c1-15(23)20-7-9-21(10-8-20)19(13-22)26(24)14-16-4-2-5-17(12-16)18-6-3-11-25-18/h2-6,11-13,19H,7-10,14H2,1H3. The highest BCUT2D eigenvalue weighted by Crippen LogP contribution is 2.26. The Labute approximate surface area is 160 Å². The zero-order valence-corrected chi connectivity index (χ0v) is 16.3. The van der Waals surface area contributed by atoms with Crippen molar-refractivity contribution in [1.82, 2.24) is 9.80 Å². The first-order chi connectivity index (χ1) is 12.6. The number of nitrogens with zero attached hydrogens (tertiary/aromatic N) is 2. The summed E-state index contributed by atoms with van der Waals surface area (Å²) in [6.07, 6.45) is 0.780. The van der Waals surface area contributed by atoms with Crippen molar-refractivity contribution < 1.29 is 14.1 Å². The summed E-state index contributed by atoms with van der Waals surface area (Å²) >= 11 is 0.342. The molecule has 2 heterocycles. The summed E-state index contributed by atoms with van der Waals surface area (Å²) < 4.78 is 12.8. The fourth-order valence-corrected chi connectivity index (χ4v) is 5.18. The molecule has 0 aliphatic carbocycles. The molecule has 1 fully saturated rings. The van der Waals surface area contributed by atoms with Gasteiger partial charge in [0.2, 0.25) is 11.3 Å². The van der Waals surface area contributed by atoms with Gasteiger partial charge in [-0.15, -0.1) is 11.3 Å². The van der Waals surface area contributed by atoms with Gasteiger partial charge in [0.15, 0.2) is 6.29 Å². The molecule has 1 amide bonds. The van der Waals surface area contributed by atoms with Crippen LogP contribution in [0.3, 0.4) is 0 Å². The molecule has 0 N–H and O–H groups in total. The summed E-state index contributed by atoms with van der Waals surface area (Å²) in [5.41, 5.74) is 2.07. The van der Waals surface area contributed by atoms with Crippen molar-refractivity contribution in [2.45, 2.75) is 18.1 Å². The second kappa shape index (κ2) is 8.81. The lowest BCUT2D eigenvalue weighted by Crippen LogP contribution is -2.54. The number of piperazine rings is 1. The lowest BCUT2D eigenvalue weighted by molar-refractivity contribution is -0.130. The highest BCUT2D eigenvalue weighted by Gasteiger charge is 2.32. The van der Waals surface area contributed by atoms with Crippen molar-refractivity contribution >= 4 is 34.7 Å². The first-order valence-electron chi connectivity index (χ1n) is 8.53. The van der Waals surface area contributed by atoms with Gasteiger partial charge in [0.05, 0.1) is 0 Å². The number of aldehydes is 1. The Hall–Kier alpha value is -1.67. The van der Waals surface area contributed by atoms with Gasteiger partial charge in [0.25, 0.3) is 0 Å². The lowest BCUT2D eigenvalue weighted by atomic mass is 10.1. The third-order valence-electron chi connectivity index (χ3n) is 4.55. The average Bonchev–Trinajstić information content (AvgIpc) is 3.18. The molecule has 26 heavy (non-hydrogen) atoms. The van der Waals surface area contributed by atoms with Crippen molar-refractivity contribution in [3.63, 3.8) is 0 Å². The number of hydrogen-bond acceptors (Lipinski definition) is 5. The summed E-state index contributed by atoms with van der Waals surface area (Å²) in [5.74, 6) is 0.383. The minimum atomic E-state index is -1.33. The van der Waals surface area contributed by atoms with Crippen molar-refractivity contribution in [3.05, 3.63) is 47.3 Å². The van der Waals surface area contributed by atoms with Crippen LogP contribution in [0, 0.1) is 0 Å². The summed E-state index contributed by atoms with van der Waals surface area (Å²) in [6, 6.07) is 12.1. The molecule has 2 unspecified atom stereocenters. The first kappa shape index (κ1) is 19.1. The smallest absolute Gasteiger partial charge is 0.225 e. The van der Waals surface area contributed by atoms with Gasteiger partial charge in [-0.05, 0) is 34.3 Å². The third kappa shape index (κ3) is 4.54. The third-order valence-corrected chi connectivity index (χ3v) is 7.03. The maximum atomic E-state index is 12.8. The van der Waals surface area contributed by atoms with Gasteiger partial charge in [-0.2, -0.15) is 0 Å². The van der Waals surface area contributed by atoms with Crippen LogP contribution in [0.2, 0.25) is 0 Å². The highest BCUT2D eigenvalue weighted by molar-refractivity contribution is 7.91. The molecule has 2 atom stereocenters. The van der Waals surface area contributed by atoms with Crippen LogP contribution in [-0.4, -0.2) is 58.1 Å². The number of carbonyl (C=O) groups excluding carboxylic acids is 2.